The first-order valence-electron chi connectivity index (χ1n) is 4.54. The molecule has 0 fully saturated rings. The molecule has 12 heavy (non-hydrogen) atoms. The van der Waals surface area contributed by atoms with Gasteiger partial charge < -0.3 is 0 Å². The van der Waals surface area contributed by atoms with Crippen molar-refractivity contribution in [3.63, 3.8) is 0 Å². The summed E-state index contributed by atoms with van der Waals surface area (Å²) >= 11 is 15.2. The van der Waals surface area contributed by atoms with Crippen LogP contribution in [-0.2, 0) is 0 Å². The molecule has 0 aliphatic carbocycles. The van der Waals surface area contributed by atoms with Gasteiger partial charge in [0.2, 0.25) is 0 Å². The smallest absolute Gasteiger partial charge is 0.0358 e. The molecule has 0 radical (unpaired) electrons. The molecule has 0 spiro atoms. The lowest BCUT2D eigenvalue weighted by Gasteiger charge is -2.12. The fourth-order valence-electron chi connectivity index (χ4n) is 1.06. The molecular formula is C9H17BrCl2. The molecule has 0 aromatic rings. The van der Waals surface area contributed by atoms with E-state index in [1.165, 1.54) is 19.3 Å². The summed E-state index contributed by atoms with van der Waals surface area (Å²) in [6, 6.07) is 0. The molecule has 2 unspecified atom stereocenters. The van der Waals surface area contributed by atoms with E-state index in [4.69, 9.17) is 23.2 Å². The zero-order valence-corrected chi connectivity index (χ0v) is 10.6. The van der Waals surface area contributed by atoms with E-state index >= 15 is 0 Å². The summed E-state index contributed by atoms with van der Waals surface area (Å²) in [6.07, 6.45) is 5.71. The van der Waals surface area contributed by atoms with Gasteiger partial charge in [0.05, 0.1) is 0 Å². The van der Waals surface area contributed by atoms with Gasteiger partial charge in [-0.2, -0.15) is 0 Å². The van der Waals surface area contributed by atoms with E-state index in [0.29, 0.717) is 10.7 Å². The third-order valence-corrected chi connectivity index (χ3v) is 3.25. The van der Waals surface area contributed by atoms with Crippen molar-refractivity contribution in [2.75, 3.05) is 5.88 Å². The maximum atomic E-state index is 6.04. The van der Waals surface area contributed by atoms with Crippen LogP contribution in [0.2, 0.25) is 0 Å². The van der Waals surface area contributed by atoms with E-state index in [2.05, 4.69) is 22.9 Å². The number of hydrogen-bond donors (Lipinski definition) is 0. The van der Waals surface area contributed by atoms with E-state index in [0.717, 1.165) is 12.8 Å². The highest BCUT2D eigenvalue weighted by atomic mass is 79.9. The number of alkyl halides is 3. The van der Waals surface area contributed by atoms with Crippen LogP contribution in [0.3, 0.4) is 0 Å². The van der Waals surface area contributed by atoms with Crippen molar-refractivity contribution >= 4 is 39.1 Å². The Hall–Kier alpha value is 1.06. The minimum absolute atomic E-state index is 0.240. The fourth-order valence-corrected chi connectivity index (χ4v) is 2.75. The van der Waals surface area contributed by atoms with E-state index in [-0.39, 0.29) is 5.38 Å². The van der Waals surface area contributed by atoms with Gasteiger partial charge in [-0.25, -0.2) is 0 Å². The van der Waals surface area contributed by atoms with Crippen LogP contribution in [0.5, 0.6) is 0 Å². The monoisotopic (exact) mass is 274 g/mol. The highest BCUT2D eigenvalue weighted by molar-refractivity contribution is 9.09. The molecular weight excluding hydrogens is 259 g/mol. The highest BCUT2D eigenvalue weighted by Crippen LogP contribution is 2.20. The molecule has 0 aliphatic heterocycles. The maximum absolute atomic E-state index is 6.04. The number of hydrogen-bond acceptors (Lipinski definition) is 0. The summed E-state index contributed by atoms with van der Waals surface area (Å²) in [7, 11) is 0. The lowest BCUT2D eigenvalue weighted by Crippen LogP contribution is -2.08. The Labute approximate surface area is 94.1 Å². The topological polar surface area (TPSA) is 0 Å². The Bertz CT molecular complexity index is 98.5. The second-order valence-corrected chi connectivity index (χ2v) is 5.34. The van der Waals surface area contributed by atoms with Crippen LogP contribution >= 0.6 is 39.1 Å². The average molecular weight is 276 g/mol. The minimum atomic E-state index is 0.240. The molecule has 0 amide bonds. The van der Waals surface area contributed by atoms with Gasteiger partial charge in [0.1, 0.15) is 0 Å². The third-order valence-electron chi connectivity index (χ3n) is 1.80. The highest BCUT2D eigenvalue weighted by Gasteiger charge is 2.10. The summed E-state index contributed by atoms with van der Waals surface area (Å²) in [5.74, 6) is 0.668. The predicted octanol–water partition coefficient (Wildman–Crippen LogP) is 4.57. The van der Waals surface area contributed by atoms with Gasteiger partial charge in [-0.05, 0) is 19.3 Å². The second kappa shape index (κ2) is 8.65. The van der Waals surface area contributed by atoms with Gasteiger partial charge in [0.15, 0.2) is 0 Å². The molecule has 0 aliphatic rings. The quantitative estimate of drug-likeness (QED) is 0.597. The molecule has 0 saturated heterocycles. The lowest BCUT2D eigenvalue weighted by molar-refractivity contribution is 0.628. The zero-order chi connectivity index (χ0) is 9.40. The third kappa shape index (κ3) is 7.70. The SMILES string of the molecule is CCCCC(Br)CC(Cl)CCCl. The van der Waals surface area contributed by atoms with Gasteiger partial charge in [0.25, 0.3) is 0 Å². The minimum Gasteiger partial charge on any atom is -0.127 e. The molecule has 0 heterocycles. The van der Waals surface area contributed by atoms with Crippen LogP contribution in [-0.4, -0.2) is 16.1 Å². The summed E-state index contributed by atoms with van der Waals surface area (Å²) in [6.45, 7) is 2.21. The van der Waals surface area contributed by atoms with Crippen molar-refractivity contribution in [1.29, 1.82) is 0 Å². The van der Waals surface area contributed by atoms with E-state index in [9.17, 15) is 0 Å². The Balaban J connectivity index is 3.33. The fraction of sp³-hybridized carbons (Fsp3) is 1.00. The van der Waals surface area contributed by atoms with Crippen molar-refractivity contribution < 1.29 is 0 Å². The second-order valence-electron chi connectivity index (χ2n) is 3.05. The Morgan fingerprint density at radius 3 is 2.50 bits per heavy atom. The van der Waals surface area contributed by atoms with Gasteiger partial charge >= 0.3 is 0 Å². The van der Waals surface area contributed by atoms with Crippen LogP contribution in [0.1, 0.15) is 39.0 Å². The van der Waals surface area contributed by atoms with Crippen LogP contribution in [0.4, 0.5) is 0 Å². The van der Waals surface area contributed by atoms with Gasteiger partial charge in [-0.3, -0.25) is 0 Å². The first-order chi connectivity index (χ1) is 5.70. The first kappa shape index (κ1) is 13.1. The summed E-state index contributed by atoms with van der Waals surface area (Å²) in [5, 5.41) is 0.240. The molecule has 3 heteroatoms. The largest absolute Gasteiger partial charge is 0.127 e. The number of halogens is 3. The van der Waals surface area contributed by atoms with Crippen molar-refractivity contribution in [2.45, 2.75) is 49.2 Å². The summed E-state index contributed by atoms with van der Waals surface area (Å²) in [4.78, 5) is 0.572. The van der Waals surface area contributed by atoms with Crippen LogP contribution in [0, 0.1) is 0 Å². The van der Waals surface area contributed by atoms with Gasteiger partial charge in [-0.1, -0.05) is 35.7 Å². The van der Waals surface area contributed by atoms with Gasteiger partial charge in [-0.15, -0.1) is 23.2 Å². The van der Waals surface area contributed by atoms with Crippen LogP contribution in [0.25, 0.3) is 0 Å². The van der Waals surface area contributed by atoms with Crippen molar-refractivity contribution in [3.05, 3.63) is 0 Å². The molecule has 74 valence electrons. The molecule has 0 aromatic carbocycles. The van der Waals surface area contributed by atoms with Crippen LogP contribution < -0.4 is 0 Å². The number of rotatable bonds is 7. The average Bonchev–Trinajstić information content (AvgIpc) is 2.01. The Morgan fingerprint density at radius 1 is 1.33 bits per heavy atom. The molecule has 0 aromatic heterocycles. The first-order valence-corrected chi connectivity index (χ1v) is 6.43. The lowest BCUT2D eigenvalue weighted by atomic mass is 10.1. The van der Waals surface area contributed by atoms with Crippen molar-refractivity contribution in [2.24, 2.45) is 0 Å². The molecule has 0 saturated carbocycles. The molecule has 0 rings (SSSR count). The van der Waals surface area contributed by atoms with E-state index in [1.54, 1.807) is 0 Å². The van der Waals surface area contributed by atoms with Gasteiger partial charge in [0, 0.05) is 16.1 Å². The van der Waals surface area contributed by atoms with Crippen molar-refractivity contribution in [1.82, 2.24) is 0 Å². The molecule has 0 N–H and O–H groups in total. The summed E-state index contributed by atoms with van der Waals surface area (Å²) < 4.78 is 0. The normalized spacial score (nSPS) is 16.0. The zero-order valence-electron chi connectivity index (χ0n) is 7.53. The Kier molecular flexibility index (Phi) is 9.41. The van der Waals surface area contributed by atoms with E-state index in [1.807, 2.05) is 0 Å². The van der Waals surface area contributed by atoms with Crippen LogP contribution in [0.15, 0.2) is 0 Å². The molecule has 0 bridgehead atoms. The standard InChI is InChI=1S/C9H17BrCl2/c1-2-3-4-8(10)7-9(12)5-6-11/h8-9H,2-7H2,1H3. The Morgan fingerprint density at radius 2 is 2.00 bits per heavy atom. The molecule has 2 atom stereocenters. The maximum Gasteiger partial charge on any atom is 0.0358 e. The number of unbranched alkanes of at least 4 members (excludes halogenated alkanes) is 1. The molecule has 0 nitrogen and oxygen atoms in total. The summed E-state index contributed by atoms with van der Waals surface area (Å²) in [5.41, 5.74) is 0. The van der Waals surface area contributed by atoms with E-state index < -0.39 is 0 Å². The predicted molar refractivity (Wildman–Crippen MR) is 61.8 cm³/mol. The van der Waals surface area contributed by atoms with Crippen molar-refractivity contribution in [3.8, 4) is 0 Å².